The average Bonchev–Trinajstić information content (AvgIpc) is 2.85. The lowest BCUT2D eigenvalue weighted by atomic mass is 9.97. The number of para-hydroxylation sites is 1. The van der Waals surface area contributed by atoms with Gasteiger partial charge in [0.2, 0.25) is 0 Å². The second-order valence-corrected chi connectivity index (χ2v) is 7.29. The van der Waals surface area contributed by atoms with E-state index in [1.54, 1.807) is 32.7 Å². The average molecular weight is 415 g/mol. The van der Waals surface area contributed by atoms with Gasteiger partial charge < -0.3 is 19.3 Å². The van der Waals surface area contributed by atoms with Gasteiger partial charge in [0.05, 0.1) is 38.4 Å². The van der Waals surface area contributed by atoms with Gasteiger partial charge in [-0.15, -0.1) is 0 Å². The zero-order valence-electron chi connectivity index (χ0n) is 17.7. The monoisotopic (exact) mass is 415 g/mol. The molecule has 2 heterocycles. The van der Waals surface area contributed by atoms with Crippen molar-refractivity contribution in [2.75, 3.05) is 50.2 Å². The number of aromatic nitrogens is 2. The van der Waals surface area contributed by atoms with Crippen molar-refractivity contribution in [3.05, 3.63) is 72.2 Å². The van der Waals surface area contributed by atoms with Crippen molar-refractivity contribution in [2.45, 2.75) is 5.92 Å². The number of hydrogen-bond acceptors (Lipinski definition) is 7. The molecule has 4 rings (SSSR count). The number of anilines is 2. The standard InChI is InChI=1S/C24H25N5O2/c1-30-22-9-8-18(14-23(22)31-2)20(15-25)21-16-26-17-24(27-21)29-12-10-28(11-13-29)19-6-4-3-5-7-19/h3-9,14,16-17,20H,10-13H2,1-2H3. The Hall–Kier alpha value is -3.79. The van der Waals surface area contributed by atoms with Crippen molar-refractivity contribution in [2.24, 2.45) is 0 Å². The Morgan fingerprint density at radius 3 is 2.29 bits per heavy atom. The third-order valence-electron chi connectivity index (χ3n) is 5.53. The van der Waals surface area contributed by atoms with E-state index in [0.717, 1.165) is 37.6 Å². The Morgan fingerprint density at radius 2 is 1.61 bits per heavy atom. The first-order chi connectivity index (χ1) is 15.2. The summed E-state index contributed by atoms with van der Waals surface area (Å²) in [4.78, 5) is 13.8. The van der Waals surface area contributed by atoms with Crippen LogP contribution in [0, 0.1) is 11.3 Å². The molecule has 0 aliphatic carbocycles. The summed E-state index contributed by atoms with van der Waals surface area (Å²) in [5.41, 5.74) is 2.65. The summed E-state index contributed by atoms with van der Waals surface area (Å²) in [6, 6.07) is 18.3. The van der Waals surface area contributed by atoms with Crippen LogP contribution in [0.4, 0.5) is 11.5 Å². The van der Waals surface area contributed by atoms with Gasteiger partial charge in [-0.3, -0.25) is 4.98 Å². The fraction of sp³-hybridized carbons (Fsp3) is 0.292. The number of piperazine rings is 1. The Labute approximate surface area is 182 Å². The molecule has 3 aromatic rings. The van der Waals surface area contributed by atoms with Gasteiger partial charge in [-0.25, -0.2) is 4.98 Å². The van der Waals surface area contributed by atoms with Crippen LogP contribution >= 0.6 is 0 Å². The van der Waals surface area contributed by atoms with E-state index in [1.165, 1.54) is 5.69 Å². The Bertz CT molecular complexity index is 1060. The third-order valence-corrected chi connectivity index (χ3v) is 5.53. The topological polar surface area (TPSA) is 74.5 Å². The van der Waals surface area contributed by atoms with Crippen LogP contribution in [0.5, 0.6) is 11.5 Å². The van der Waals surface area contributed by atoms with Gasteiger partial charge in [0.25, 0.3) is 0 Å². The number of benzene rings is 2. The Balaban J connectivity index is 1.52. The van der Waals surface area contributed by atoms with Crippen LogP contribution in [0.1, 0.15) is 17.2 Å². The minimum atomic E-state index is -0.544. The van der Waals surface area contributed by atoms with E-state index in [1.807, 2.05) is 18.2 Å². The van der Waals surface area contributed by atoms with Gasteiger partial charge >= 0.3 is 0 Å². The normalized spacial score (nSPS) is 14.6. The largest absolute Gasteiger partial charge is 0.493 e. The molecule has 1 aliphatic heterocycles. The summed E-state index contributed by atoms with van der Waals surface area (Å²) in [6.07, 6.45) is 3.43. The molecule has 0 N–H and O–H groups in total. The maximum Gasteiger partial charge on any atom is 0.161 e. The zero-order valence-corrected chi connectivity index (χ0v) is 17.7. The molecule has 1 fully saturated rings. The van der Waals surface area contributed by atoms with Crippen molar-refractivity contribution in [3.63, 3.8) is 0 Å². The zero-order chi connectivity index (χ0) is 21.6. The highest BCUT2D eigenvalue weighted by Crippen LogP contribution is 2.33. The molecule has 7 heteroatoms. The Morgan fingerprint density at radius 1 is 0.903 bits per heavy atom. The van der Waals surface area contributed by atoms with Gasteiger partial charge in [0.15, 0.2) is 11.5 Å². The maximum atomic E-state index is 9.87. The first-order valence-electron chi connectivity index (χ1n) is 10.2. The fourth-order valence-corrected chi connectivity index (χ4v) is 3.84. The highest BCUT2D eigenvalue weighted by atomic mass is 16.5. The molecule has 1 aromatic heterocycles. The lowest BCUT2D eigenvalue weighted by Gasteiger charge is -2.36. The second-order valence-electron chi connectivity index (χ2n) is 7.29. The summed E-state index contributed by atoms with van der Waals surface area (Å²) in [7, 11) is 3.17. The number of ether oxygens (including phenoxy) is 2. The maximum absolute atomic E-state index is 9.87. The van der Waals surface area contributed by atoms with Crippen LogP contribution in [0.3, 0.4) is 0 Å². The molecule has 31 heavy (non-hydrogen) atoms. The predicted octanol–water partition coefficient (Wildman–Crippen LogP) is 3.48. The fourth-order valence-electron chi connectivity index (χ4n) is 3.84. The van der Waals surface area contributed by atoms with Crippen LogP contribution < -0.4 is 19.3 Å². The molecule has 0 bridgehead atoms. The SMILES string of the molecule is COc1ccc(C(C#N)c2cncc(N3CCN(c4ccccc4)CC3)n2)cc1OC. The molecule has 0 radical (unpaired) electrons. The first kappa shape index (κ1) is 20.5. The minimum absolute atomic E-state index is 0.544. The number of rotatable bonds is 6. The molecule has 1 atom stereocenters. The van der Waals surface area contributed by atoms with Crippen LogP contribution in [-0.4, -0.2) is 50.4 Å². The van der Waals surface area contributed by atoms with Gasteiger partial charge in [0.1, 0.15) is 11.7 Å². The summed E-state index contributed by atoms with van der Waals surface area (Å²) < 4.78 is 10.7. The van der Waals surface area contributed by atoms with E-state index in [4.69, 9.17) is 14.5 Å². The van der Waals surface area contributed by atoms with Crippen molar-refractivity contribution in [1.29, 1.82) is 5.26 Å². The number of nitrogens with zero attached hydrogens (tertiary/aromatic N) is 5. The van der Waals surface area contributed by atoms with Crippen LogP contribution in [0.15, 0.2) is 60.9 Å². The molecule has 0 saturated carbocycles. The molecule has 0 spiro atoms. The van der Waals surface area contributed by atoms with Gasteiger partial charge in [-0.2, -0.15) is 5.26 Å². The van der Waals surface area contributed by atoms with Crippen molar-refractivity contribution < 1.29 is 9.47 Å². The molecule has 1 saturated heterocycles. The first-order valence-corrected chi connectivity index (χ1v) is 10.2. The molecular formula is C24H25N5O2. The molecule has 1 unspecified atom stereocenters. The Kier molecular flexibility index (Phi) is 6.18. The van der Waals surface area contributed by atoms with E-state index < -0.39 is 5.92 Å². The highest BCUT2D eigenvalue weighted by molar-refractivity contribution is 5.50. The van der Waals surface area contributed by atoms with E-state index in [0.29, 0.717) is 17.2 Å². The molecular weight excluding hydrogens is 390 g/mol. The smallest absolute Gasteiger partial charge is 0.161 e. The molecule has 1 aliphatic rings. The van der Waals surface area contributed by atoms with E-state index in [9.17, 15) is 5.26 Å². The lowest BCUT2D eigenvalue weighted by Crippen LogP contribution is -2.46. The highest BCUT2D eigenvalue weighted by Gasteiger charge is 2.22. The molecule has 0 amide bonds. The number of hydrogen-bond donors (Lipinski definition) is 0. The van der Waals surface area contributed by atoms with E-state index in [-0.39, 0.29) is 0 Å². The van der Waals surface area contributed by atoms with Crippen molar-refractivity contribution in [1.82, 2.24) is 9.97 Å². The van der Waals surface area contributed by atoms with Crippen LogP contribution in [-0.2, 0) is 0 Å². The molecule has 2 aromatic carbocycles. The predicted molar refractivity (Wildman–Crippen MR) is 120 cm³/mol. The minimum Gasteiger partial charge on any atom is -0.493 e. The molecule has 7 nitrogen and oxygen atoms in total. The van der Waals surface area contributed by atoms with E-state index in [2.05, 4.69) is 45.1 Å². The van der Waals surface area contributed by atoms with Crippen molar-refractivity contribution >= 4 is 11.5 Å². The van der Waals surface area contributed by atoms with E-state index >= 15 is 0 Å². The summed E-state index contributed by atoms with van der Waals surface area (Å²) in [6.45, 7) is 3.52. The second kappa shape index (κ2) is 9.35. The summed E-state index contributed by atoms with van der Waals surface area (Å²) in [5, 5.41) is 9.87. The van der Waals surface area contributed by atoms with Crippen LogP contribution in [0.2, 0.25) is 0 Å². The quantitative estimate of drug-likeness (QED) is 0.610. The lowest BCUT2D eigenvalue weighted by molar-refractivity contribution is 0.354. The van der Waals surface area contributed by atoms with Crippen molar-refractivity contribution in [3.8, 4) is 17.6 Å². The van der Waals surface area contributed by atoms with Gasteiger partial charge in [-0.05, 0) is 29.8 Å². The van der Waals surface area contributed by atoms with Gasteiger partial charge in [-0.1, -0.05) is 24.3 Å². The summed E-state index contributed by atoms with van der Waals surface area (Å²) >= 11 is 0. The van der Waals surface area contributed by atoms with Crippen LogP contribution in [0.25, 0.3) is 0 Å². The number of methoxy groups -OCH3 is 2. The number of nitriles is 1. The summed E-state index contributed by atoms with van der Waals surface area (Å²) in [5.74, 6) is 1.46. The third kappa shape index (κ3) is 4.38. The van der Waals surface area contributed by atoms with Gasteiger partial charge in [0, 0.05) is 31.9 Å². The molecule has 158 valence electrons.